The van der Waals surface area contributed by atoms with Crippen molar-refractivity contribution in [2.75, 3.05) is 21.3 Å². The summed E-state index contributed by atoms with van der Waals surface area (Å²) >= 11 is 6.01. The maximum Gasteiger partial charge on any atom is 0.266 e. The Morgan fingerprint density at radius 3 is 0.816 bits per heavy atom. The third kappa shape index (κ3) is 23.9. The van der Waals surface area contributed by atoms with Crippen LogP contribution in [-0.2, 0) is 0 Å². The summed E-state index contributed by atoms with van der Waals surface area (Å²) in [6, 6.07) is 88.6. The largest absolute Gasteiger partial charge is 0.507 e. The van der Waals surface area contributed by atoms with Crippen molar-refractivity contribution >= 4 is 104 Å². The number of phenols is 1. The molecule has 0 spiro atoms. The topological polar surface area (TPSA) is 239 Å². The molecule has 20 rings (SSSR count). The van der Waals surface area contributed by atoms with Crippen molar-refractivity contribution < 1.29 is 23.7 Å². The highest BCUT2D eigenvalue weighted by Crippen LogP contribution is 2.39. The predicted octanol–water partition coefficient (Wildman–Crippen LogP) is 23.8. The summed E-state index contributed by atoms with van der Waals surface area (Å²) in [4.78, 5) is 90.2. The van der Waals surface area contributed by atoms with Gasteiger partial charge in [0.2, 0.25) is 5.75 Å². The van der Waals surface area contributed by atoms with E-state index in [1.165, 1.54) is 12.1 Å². The number of phenolic OH excluding ortho intramolecular Hbond substituents is 1. The molecule has 0 fully saturated rings. The van der Waals surface area contributed by atoms with E-state index in [0.29, 0.717) is 94.9 Å². The minimum atomic E-state index is -0.301. The van der Waals surface area contributed by atoms with E-state index in [2.05, 4.69) is 67.3 Å². The van der Waals surface area contributed by atoms with Gasteiger partial charge in [0, 0.05) is 99.1 Å². The van der Waals surface area contributed by atoms with E-state index < -0.39 is 0 Å². The second kappa shape index (κ2) is 46.2. The standard InChI is InChI=1S/C33H27N3O4.C32H25N3O2.C30H20ClN3O.C30H20FN3O/c1-22-18-23(11-12-24-8-7-17-34-21-24)13-15-28(22)36-31(35-27-10-6-5-9-26(27)33(36)37)16-14-25-19-29(38-2)32(40-4)30(20-25)39-3;1-21-17-24(10-11-25-7-6-16-33-20-25)12-14-29(21)35-30(34-28-9-5-4-8-27(28)32(35)37)15-13-26-18-22(2)31(36)23(3)19-26;2*1-21-19-23(8-9-24-5-4-18-32-20-24)12-16-28(21)34-29(17-13-22-10-14-25(31)15-11-22)33-27-7-3-2-6-26(27)30(34)35/h5-10,13-21H,1-4H3;4-9,12-20,36H,1-3H3;2*2-7,10-20H,1H3/b16-14+;15-13+;2*17-13+. The van der Waals surface area contributed by atoms with Gasteiger partial charge in [-0.2, -0.15) is 0 Å². The highest BCUT2D eigenvalue weighted by Gasteiger charge is 2.21. The Morgan fingerprint density at radius 2 is 0.551 bits per heavy atom. The van der Waals surface area contributed by atoms with Gasteiger partial charge >= 0.3 is 0 Å². The molecule has 0 radical (unpaired) electrons. The first-order valence-corrected chi connectivity index (χ1v) is 47.0. The molecule has 0 aliphatic rings. The van der Waals surface area contributed by atoms with Gasteiger partial charge in [-0.05, 0) is 340 Å². The second-order valence-electron chi connectivity index (χ2n) is 33.9. The Hall–Kier alpha value is -19.6. The highest BCUT2D eigenvalue weighted by atomic mass is 35.5. The summed E-state index contributed by atoms with van der Waals surface area (Å²) in [5, 5.41) is 13.0. The molecule has 12 aromatic carbocycles. The molecule has 714 valence electrons. The first-order chi connectivity index (χ1) is 71.6. The number of hydrogen-bond acceptors (Lipinski definition) is 16. The number of ether oxygens (including phenoxy) is 3. The normalized spacial score (nSPS) is 10.9. The molecule has 20 aromatic rings. The van der Waals surface area contributed by atoms with E-state index in [1.54, 1.807) is 132 Å². The van der Waals surface area contributed by atoms with Crippen LogP contribution in [0.1, 0.15) is 123 Å². The SMILES string of the molecule is COc1cc(/C=C/c2nc3ccccc3c(=O)n2-c2ccc(C#Cc3cccnc3)cc2C)cc(OC)c1OC.Cc1cc(C#Cc2cccnc2)ccc1-n1c(/C=C/c2cc(C)c(O)c(C)c2)nc2ccccc2c1=O.Cc1cc(C#Cc2cccnc2)ccc1-n1c(/C=C/c2ccc(Cl)cc2)nc2ccccc2c1=O.Cc1cc(C#Cc2cccnc2)ccc1-n1c(/C=C/c2ccc(F)cc2)nc2ccccc2c1=O. The molecule has 8 aromatic heterocycles. The van der Waals surface area contributed by atoms with Gasteiger partial charge in [0.15, 0.2) is 11.5 Å². The van der Waals surface area contributed by atoms with Crippen molar-refractivity contribution in [2.45, 2.75) is 41.5 Å². The van der Waals surface area contributed by atoms with Gasteiger partial charge in [-0.3, -0.25) is 57.4 Å². The quantitative estimate of drug-likeness (QED) is 0.0939. The molecule has 0 aliphatic carbocycles. The zero-order valence-electron chi connectivity index (χ0n) is 81.4. The molecule has 0 bridgehead atoms. The predicted molar refractivity (Wildman–Crippen MR) is 586 cm³/mol. The number of rotatable bonds is 15. The van der Waals surface area contributed by atoms with Crippen LogP contribution in [-0.4, -0.2) is 84.6 Å². The number of aryl methyl sites for hydroxylation is 6. The molecular formula is C125H92ClFN12O8. The summed E-state index contributed by atoms with van der Waals surface area (Å²) in [7, 11) is 4.70. The summed E-state index contributed by atoms with van der Waals surface area (Å²) < 4.78 is 36.3. The number of fused-ring (bicyclic) bond motifs is 4. The number of methoxy groups -OCH3 is 3. The third-order valence-corrected chi connectivity index (χ3v) is 23.9. The fourth-order valence-electron chi connectivity index (χ4n) is 16.4. The molecule has 0 unspecified atom stereocenters. The number of halogens is 2. The van der Waals surface area contributed by atoms with Crippen LogP contribution < -0.4 is 36.4 Å². The van der Waals surface area contributed by atoms with Crippen molar-refractivity contribution in [1.82, 2.24) is 58.1 Å². The first-order valence-electron chi connectivity index (χ1n) is 46.6. The average molecular weight is 1940 g/mol. The number of para-hydroxylation sites is 4. The van der Waals surface area contributed by atoms with Crippen LogP contribution in [0.2, 0.25) is 5.02 Å². The molecule has 0 atom stereocenters. The Labute approximate surface area is 852 Å². The number of pyridine rings is 4. The zero-order chi connectivity index (χ0) is 102. The molecule has 0 saturated carbocycles. The Balaban J connectivity index is 0.000000134. The van der Waals surface area contributed by atoms with E-state index >= 15 is 0 Å². The van der Waals surface area contributed by atoms with Gasteiger partial charge in [-0.15, -0.1) is 0 Å². The Morgan fingerprint density at radius 1 is 0.286 bits per heavy atom. The van der Waals surface area contributed by atoms with E-state index in [9.17, 15) is 28.7 Å². The van der Waals surface area contributed by atoms with Gasteiger partial charge in [0.1, 0.15) is 34.9 Å². The van der Waals surface area contributed by atoms with E-state index in [0.717, 1.165) is 123 Å². The lowest BCUT2D eigenvalue weighted by molar-refractivity contribution is 0.324. The number of hydrogen-bond donors (Lipinski definition) is 1. The van der Waals surface area contributed by atoms with Gasteiger partial charge in [0.25, 0.3) is 22.2 Å². The number of aromatic nitrogens is 12. The number of aromatic hydroxyl groups is 1. The molecule has 0 amide bonds. The second-order valence-corrected chi connectivity index (χ2v) is 34.3. The van der Waals surface area contributed by atoms with Crippen LogP contribution in [0.5, 0.6) is 23.0 Å². The van der Waals surface area contributed by atoms with E-state index in [4.69, 9.17) is 45.7 Å². The van der Waals surface area contributed by atoms with Crippen LogP contribution in [0.25, 0.3) is 115 Å². The number of nitrogens with zero attached hydrogens (tertiary/aromatic N) is 12. The molecule has 147 heavy (non-hydrogen) atoms. The average Bonchev–Trinajstić information content (AvgIpc) is 0.779. The third-order valence-electron chi connectivity index (χ3n) is 23.6. The van der Waals surface area contributed by atoms with Gasteiger partial charge in [0.05, 0.1) is 87.7 Å². The summed E-state index contributed by atoms with van der Waals surface area (Å²) in [5.74, 6) is 28.7. The lowest BCUT2D eigenvalue weighted by Gasteiger charge is -2.15. The minimum Gasteiger partial charge on any atom is -0.507 e. The van der Waals surface area contributed by atoms with Crippen molar-refractivity contribution in [3.63, 3.8) is 0 Å². The number of benzene rings is 12. The van der Waals surface area contributed by atoms with Crippen LogP contribution in [0.4, 0.5) is 4.39 Å². The molecule has 0 saturated heterocycles. The molecule has 8 heterocycles. The van der Waals surface area contributed by atoms with Crippen LogP contribution >= 0.6 is 11.6 Å². The van der Waals surface area contributed by atoms with Crippen LogP contribution in [0.15, 0.2) is 360 Å². The minimum absolute atomic E-state index is 0.122. The molecule has 0 aliphatic heterocycles. The Bertz CT molecular complexity index is 8790. The molecule has 22 heteroatoms. The van der Waals surface area contributed by atoms with Crippen molar-refractivity contribution in [1.29, 1.82) is 0 Å². The molecular weight excluding hydrogens is 1850 g/mol. The maximum absolute atomic E-state index is 13.8. The smallest absolute Gasteiger partial charge is 0.266 e. The summed E-state index contributed by atoms with van der Waals surface area (Å²) in [6.45, 7) is 11.6. The lowest BCUT2D eigenvalue weighted by Crippen LogP contribution is -2.23. The first kappa shape index (κ1) is 99.0. The highest BCUT2D eigenvalue weighted by molar-refractivity contribution is 6.30. The van der Waals surface area contributed by atoms with Crippen molar-refractivity contribution in [3.05, 3.63) is 516 Å². The monoisotopic (exact) mass is 1940 g/mol. The van der Waals surface area contributed by atoms with Crippen molar-refractivity contribution in [3.8, 4) is 93.1 Å². The fourth-order valence-corrected chi connectivity index (χ4v) is 16.5. The summed E-state index contributed by atoms with van der Waals surface area (Å²) in [5.41, 5.74) is 20.3. The van der Waals surface area contributed by atoms with Gasteiger partial charge in [-0.1, -0.05) is 156 Å². The zero-order valence-corrected chi connectivity index (χ0v) is 82.1. The van der Waals surface area contributed by atoms with E-state index in [-0.39, 0.29) is 28.1 Å². The van der Waals surface area contributed by atoms with Gasteiger partial charge < -0.3 is 19.3 Å². The summed E-state index contributed by atoms with van der Waals surface area (Å²) in [6.07, 6.45) is 28.6. The maximum atomic E-state index is 13.8. The molecule has 20 nitrogen and oxygen atoms in total. The van der Waals surface area contributed by atoms with Crippen molar-refractivity contribution in [2.24, 2.45) is 0 Å². The van der Waals surface area contributed by atoms with Gasteiger partial charge in [-0.25, -0.2) is 24.3 Å². The van der Waals surface area contributed by atoms with Crippen LogP contribution in [0, 0.1) is 94.7 Å². The molecule has 1 N–H and O–H groups in total. The lowest BCUT2D eigenvalue weighted by atomic mass is 10.1. The Kier molecular flexibility index (Phi) is 31.1. The van der Waals surface area contributed by atoms with Crippen LogP contribution in [0.3, 0.4) is 0 Å². The fraction of sp³-hybridized carbons (Fsp3) is 0.0720. The van der Waals surface area contributed by atoms with E-state index in [1.807, 2.05) is 327 Å².